The molecule has 0 aliphatic carbocycles. The summed E-state index contributed by atoms with van der Waals surface area (Å²) in [4.78, 5) is 36.8. The number of carbonyl (C=O) groups excluding carboxylic acids is 1. The highest BCUT2D eigenvalue weighted by Crippen LogP contribution is 2.26. The zero-order valence-corrected chi connectivity index (χ0v) is 17.6. The molecule has 1 aromatic carbocycles. The van der Waals surface area contributed by atoms with Crippen LogP contribution in [0.4, 0.5) is 13.2 Å². The van der Waals surface area contributed by atoms with Crippen molar-refractivity contribution < 1.29 is 26.4 Å². The van der Waals surface area contributed by atoms with Gasteiger partial charge in [0.15, 0.2) is 5.69 Å². The second kappa shape index (κ2) is 8.72. The van der Waals surface area contributed by atoms with Gasteiger partial charge in [-0.3, -0.25) is 9.59 Å². The van der Waals surface area contributed by atoms with Crippen molar-refractivity contribution in [2.75, 3.05) is 12.4 Å². The summed E-state index contributed by atoms with van der Waals surface area (Å²) in [6, 6.07) is 3.10. The molecule has 10 nitrogen and oxygen atoms in total. The molecule has 2 aromatic rings. The lowest BCUT2D eigenvalue weighted by atomic mass is 10.2. The standard InChI is InChI=1S/C16H17ClF3N5O5S/c1-8(2)7-22-31(29,30)23-14(27)10-5-9(3-4-11(10)17)24-13(26)6-12(16(18,19)20)25(21)15(24)28/h3-6,8,22H,7,21H2,1-2H3,(H,23,27). The van der Waals surface area contributed by atoms with Gasteiger partial charge in [-0.15, -0.1) is 0 Å². The fourth-order valence-corrected chi connectivity index (χ4v) is 3.51. The lowest BCUT2D eigenvalue weighted by molar-refractivity contribution is -0.143. The summed E-state index contributed by atoms with van der Waals surface area (Å²) in [5.41, 5.74) is -5.40. The van der Waals surface area contributed by atoms with Crippen molar-refractivity contribution >= 4 is 27.7 Å². The number of nitrogens with zero attached hydrogens (tertiary/aromatic N) is 2. The second-order valence-corrected chi connectivity index (χ2v) is 8.60. The molecule has 2 rings (SSSR count). The largest absolute Gasteiger partial charge is 0.433 e. The molecule has 31 heavy (non-hydrogen) atoms. The highest BCUT2D eigenvalue weighted by atomic mass is 35.5. The van der Waals surface area contributed by atoms with Gasteiger partial charge in [-0.1, -0.05) is 25.4 Å². The first-order valence-corrected chi connectivity index (χ1v) is 10.3. The van der Waals surface area contributed by atoms with Crippen LogP contribution in [0.2, 0.25) is 5.02 Å². The number of halogens is 4. The monoisotopic (exact) mass is 483 g/mol. The van der Waals surface area contributed by atoms with E-state index in [2.05, 4.69) is 4.72 Å². The Kier molecular flexibility index (Phi) is 6.87. The van der Waals surface area contributed by atoms with Gasteiger partial charge in [-0.05, 0) is 24.1 Å². The summed E-state index contributed by atoms with van der Waals surface area (Å²) in [5.74, 6) is 3.93. The molecular formula is C16H17ClF3N5O5S. The summed E-state index contributed by atoms with van der Waals surface area (Å²) >= 11 is 5.91. The number of rotatable bonds is 6. The molecular weight excluding hydrogens is 467 g/mol. The molecule has 0 unspecified atom stereocenters. The first-order chi connectivity index (χ1) is 14.1. The average molecular weight is 484 g/mol. The molecule has 15 heteroatoms. The van der Waals surface area contributed by atoms with E-state index >= 15 is 0 Å². The number of alkyl halides is 3. The first kappa shape index (κ1) is 24.4. The van der Waals surface area contributed by atoms with Crippen LogP contribution in [0.15, 0.2) is 33.9 Å². The number of carbonyl (C=O) groups is 1. The van der Waals surface area contributed by atoms with Crippen molar-refractivity contribution in [1.82, 2.24) is 18.7 Å². The lowest BCUT2D eigenvalue weighted by Gasteiger charge is -2.14. The molecule has 1 aromatic heterocycles. The van der Waals surface area contributed by atoms with E-state index in [4.69, 9.17) is 17.4 Å². The second-order valence-electron chi connectivity index (χ2n) is 6.69. The Morgan fingerprint density at radius 3 is 2.39 bits per heavy atom. The Morgan fingerprint density at radius 1 is 1.23 bits per heavy atom. The zero-order valence-electron chi connectivity index (χ0n) is 16.0. The van der Waals surface area contributed by atoms with Crippen LogP contribution >= 0.6 is 11.6 Å². The fraction of sp³-hybridized carbons (Fsp3) is 0.312. The summed E-state index contributed by atoms with van der Waals surface area (Å²) in [7, 11) is -4.25. The van der Waals surface area contributed by atoms with Gasteiger partial charge >= 0.3 is 22.1 Å². The number of amides is 1. The minimum absolute atomic E-state index is 0.0351. The number of hydrogen-bond acceptors (Lipinski definition) is 6. The first-order valence-electron chi connectivity index (χ1n) is 8.47. The Balaban J connectivity index is 2.51. The molecule has 170 valence electrons. The van der Waals surface area contributed by atoms with Gasteiger partial charge in [0.2, 0.25) is 0 Å². The molecule has 4 N–H and O–H groups in total. The highest BCUT2D eigenvalue weighted by Gasteiger charge is 2.35. The third kappa shape index (κ3) is 5.65. The van der Waals surface area contributed by atoms with E-state index in [1.165, 1.54) is 0 Å². The number of nitrogens with one attached hydrogen (secondary N) is 2. The topological polar surface area (TPSA) is 145 Å². The van der Waals surface area contributed by atoms with E-state index in [0.717, 1.165) is 18.2 Å². The molecule has 0 saturated carbocycles. The molecule has 1 heterocycles. The van der Waals surface area contributed by atoms with Crippen molar-refractivity contribution in [2.24, 2.45) is 5.92 Å². The number of benzene rings is 1. The predicted octanol–water partition coefficient (Wildman–Crippen LogP) is 0.605. The molecule has 0 bridgehead atoms. The van der Waals surface area contributed by atoms with Crippen LogP contribution < -0.4 is 26.5 Å². The van der Waals surface area contributed by atoms with Crippen molar-refractivity contribution in [1.29, 1.82) is 0 Å². The summed E-state index contributed by atoms with van der Waals surface area (Å²) in [5, 5.41) is -0.242. The Hall–Kier alpha value is -2.84. The maximum atomic E-state index is 12.9. The Morgan fingerprint density at radius 2 is 1.84 bits per heavy atom. The van der Waals surface area contributed by atoms with E-state index in [1.54, 1.807) is 18.6 Å². The molecule has 0 aliphatic heterocycles. The molecule has 1 amide bonds. The average Bonchev–Trinajstić information content (AvgIpc) is 2.63. The molecule has 0 radical (unpaired) electrons. The SMILES string of the molecule is CC(C)CNS(=O)(=O)NC(=O)c1cc(-n2c(=O)cc(C(F)(F)F)n(N)c2=O)ccc1Cl. The van der Waals surface area contributed by atoms with Crippen LogP contribution in [0.1, 0.15) is 29.9 Å². The van der Waals surface area contributed by atoms with Crippen LogP contribution in [0, 0.1) is 5.92 Å². The number of hydrogen-bond donors (Lipinski definition) is 3. The van der Waals surface area contributed by atoms with Gasteiger partial charge in [-0.25, -0.2) is 18.8 Å². The minimum Gasteiger partial charge on any atom is -0.335 e. The van der Waals surface area contributed by atoms with Gasteiger partial charge in [0, 0.05) is 12.6 Å². The third-order valence-electron chi connectivity index (χ3n) is 3.79. The fourth-order valence-electron chi connectivity index (χ4n) is 2.33. The normalized spacial score (nSPS) is 12.2. The number of nitrogen functional groups attached to an aromatic ring is 1. The third-order valence-corrected chi connectivity index (χ3v) is 5.12. The minimum atomic E-state index is -5.06. The molecule has 0 atom stereocenters. The van der Waals surface area contributed by atoms with Gasteiger partial charge in [0.1, 0.15) is 0 Å². The van der Waals surface area contributed by atoms with E-state index in [-0.39, 0.29) is 38.5 Å². The van der Waals surface area contributed by atoms with Gasteiger partial charge in [-0.2, -0.15) is 26.3 Å². The van der Waals surface area contributed by atoms with Crippen molar-refractivity contribution in [3.8, 4) is 5.69 Å². The van der Waals surface area contributed by atoms with Gasteiger partial charge in [0.25, 0.3) is 11.5 Å². The van der Waals surface area contributed by atoms with Gasteiger partial charge in [0.05, 0.1) is 16.3 Å². The quantitative estimate of drug-likeness (QED) is 0.513. The molecule has 0 saturated heterocycles. The maximum Gasteiger partial charge on any atom is 0.433 e. The molecule has 0 aliphatic rings. The molecule has 0 fully saturated rings. The van der Waals surface area contributed by atoms with Crippen LogP contribution in [0.25, 0.3) is 5.69 Å². The van der Waals surface area contributed by atoms with E-state index in [9.17, 15) is 36.0 Å². The van der Waals surface area contributed by atoms with Crippen LogP contribution in [0.5, 0.6) is 0 Å². The van der Waals surface area contributed by atoms with Crippen molar-refractivity contribution in [3.63, 3.8) is 0 Å². The summed E-state index contributed by atoms with van der Waals surface area (Å²) in [6.07, 6.45) is -5.06. The number of nitrogens with two attached hydrogens (primary N) is 1. The van der Waals surface area contributed by atoms with E-state index in [0.29, 0.717) is 0 Å². The summed E-state index contributed by atoms with van der Waals surface area (Å²) < 4.78 is 66.5. The van der Waals surface area contributed by atoms with Crippen molar-refractivity contribution in [3.05, 3.63) is 61.4 Å². The lowest BCUT2D eigenvalue weighted by Crippen LogP contribution is -2.45. The number of aromatic nitrogens is 2. The maximum absolute atomic E-state index is 12.9. The predicted molar refractivity (Wildman–Crippen MR) is 106 cm³/mol. The van der Waals surface area contributed by atoms with Crippen LogP contribution in [-0.4, -0.2) is 30.1 Å². The van der Waals surface area contributed by atoms with Crippen molar-refractivity contribution in [2.45, 2.75) is 20.0 Å². The smallest absolute Gasteiger partial charge is 0.335 e. The Bertz CT molecular complexity index is 1240. The summed E-state index contributed by atoms with van der Waals surface area (Å²) in [6.45, 7) is 3.50. The molecule has 0 spiro atoms. The zero-order chi connectivity index (χ0) is 23.7. The van der Waals surface area contributed by atoms with Gasteiger partial charge < -0.3 is 5.84 Å². The van der Waals surface area contributed by atoms with Crippen LogP contribution in [-0.2, 0) is 16.4 Å². The van der Waals surface area contributed by atoms with E-state index in [1.807, 2.05) is 0 Å². The highest BCUT2D eigenvalue weighted by molar-refractivity contribution is 7.88. The van der Waals surface area contributed by atoms with E-state index < -0.39 is 44.8 Å². The Labute approximate surface area is 178 Å². The van der Waals surface area contributed by atoms with Crippen LogP contribution in [0.3, 0.4) is 0 Å².